The van der Waals surface area contributed by atoms with Crippen LogP contribution in [-0.2, 0) is 9.53 Å². The van der Waals surface area contributed by atoms with E-state index in [1.54, 1.807) is 17.5 Å². The average molecular weight is 409 g/mol. The minimum Gasteiger partial charge on any atom is -0.452 e. The third-order valence-electron chi connectivity index (χ3n) is 3.39. The molecule has 0 saturated carbocycles. The van der Waals surface area contributed by atoms with E-state index in [9.17, 15) is 18.4 Å². The highest BCUT2D eigenvalue weighted by Gasteiger charge is 2.18. The monoisotopic (exact) mass is 408 g/mol. The molecule has 0 aliphatic carbocycles. The van der Waals surface area contributed by atoms with E-state index in [1.807, 2.05) is 0 Å². The van der Waals surface area contributed by atoms with Gasteiger partial charge in [0.2, 0.25) is 0 Å². The van der Waals surface area contributed by atoms with Crippen LogP contribution in [0.1, 0.15) is 10.4 Å². The van der Waals surface area contributed by atoms with Crippen LogP contribution in [0.4, 0.5) is 13.9 Å². The third kappa shape index (κ3) is 4.66. The number of rotatable bonds is 5. The molecule has 3 rings (SSSR count). The van der Waals surface area contributed by atoms with Crippen molar-refractivity contribution in [2.45, 2.75) is 0 Å². The number of carbonyl (C=O) groups excluding carboxylic acids is 2. The van der Waals surface area contributed by atoms with E-state index in [0.29, 0.717) is 11.3 Å². The van der Waals surface area contributed by atoms with Crippen molar-refractivity contribution >= 4 is 39.9 Å². The van der Waals surface area contributed by atoms with Crippen molar-refractivity contribution in [1.82, 2.24) is 4.98 Å². The second kappa shape index (κ2) is 8.24. The van der Waals surface area contributed by atoms with Gasteiger partial charge in [0.05, 0.1) is 10.7 Å². The zero-order valence-corrected chi connectivity index (χ0v) is 15.1. The van der Waals surface area contributed by atoms with Gasteiger partial charge >= 0.3 is 5.97 Å². The molecule has 0 radical (unpaired) electrons. The molecule has 138 valence electrons. The van der Waals surface area contributed by atoms with E-state index in [-0.39, 0.29) is 16.0 Å². The lowest BCUT2D eigenvalue weighted by Gasteiger charge is -2.06. The standard InChI is InChI=1S/C18H11ClF2N2O3S/c19-12-2-1-3-13(21)16(12)17(25)26-8-15(24)23-18-22-14(9-27-18)10-4-6-11(20)7-5-10/h1-7,9H,8H2,(H,22,23,24). The maximum Gasteiger partial charge on any atom is 0.343 e. The molecule has 9 heteroatoms. The number of ether oxygens (including phenoxy) is 1. The molecule has 0 saturated heterocycles. The van der Waals surface area contributed by atoms with E-state index in [4.69, 9.17) is 16.3 Å². The topological polar surface area (TPSA) is 68.3 Å². The molecule has 0 bridgehead atoms. The summed E-state index contributed by atoms with van der Waals surface area (Å²) in [5.41, 5.74) is 0.819. The molecule has 1 heterocycles. The van der Waals surface area contributed by atoms with Gasteiger partial charge in [0, 0.05) is 10.9 Å². The molecule has 1 N–H and O–H groups in total. The van der Waals surface area contributed by atoms with Gasteiger partial charge in [0.1, 0.15) is 17.2 Å². The Kier molecular flexibility index (Phi) is 5.78. The van der Waals surface area contributed by atoms with E-state index in [0.717, 1.165) is 17.4 Å². The van der Waals surface area contributed by atoms with Crippen LogP contribution in [0.5, 0.6) is 0 Å². The molecule has 0 unspecified atom stereocenters. The maximum absolute atomic E-state index is 13.6. The number of aromatic nitrogens is 1. The summed E-state index contributed by atoms with van der Waals surface area (Å²) in [6, 6.07) is 9.50. The molecule has 27 heavy (non-hydrogen) atoms. The summed E-state index contributed by atoms with van der Waals surface area (Å²) in [4.78, 5) is 28.0. The third-order valence-corrected chi connectivity index (χ3v) is 4.46. The first-order valence-electron chi connectivity index (χ1n) is 7.56. The van der Waals surface area contributed by atoms with Crippen LogP contribution < -0.4 is 5.32 Å². The summed E-state index contributed by atoms with van der Waals surface area (Å²) >= 11 is 6.92. The van der Waals surface area contributed by atoms with Crippen molar-refractivity contribution < 1.29 is 23.1 Å². The van der Waals surface area contributed by atoms with Crippen LogP contribution in [0.2, 0.25) is 5.02 Å². The zero-order valence-electron chi connectivity index (χ0n) is 13.5. The van der Waals surface area contributed by atoms with Gasteiger partial charge in [-0.3, -0.25) is 10.1 Å². The van der Waals surface area contributed by atoms with E-state index >= 15 is 0 Å². The number of benzene rings is 2. The number of nitrogens with one attached hydrogen (secondary N) is 1. The number of hydrogen-bond acceptors (Lipinski definition) is 5. The lowest BCUT2D eigenvalue weighted by molar-refractivity contribution is -0.119. The summed E-state index contributed by atoms with van der Waals surface area (Å²) < 4.78 is 31.4. The van der Waals surface area contributed by atoms with Crippen LogP contribution >= 0.6 is 22.9 Å². The Labute approximate surface area is 161 Å². The first kappa shape index (κ1) is 18.9. The van der Waals surface area contributed by atoms with Crippen LogP contribution in [0.25, 0.3) is 11.3 Å². The van der Waals surface area contributed by atoms with Crippen molar-refractivity contribution in [3.05, 3.63) is 70.1 Å². The Hall–Kier alpha value is -2.84. The normalized spacial score (nSPS) is 10.5. The van der Waals surface area contributed by atoms with Gasteiger partial charge in [-0.2, -0.15) is 0 Å². The predicted molar refractivity (Wildman–Crippen MR) is 97.8 cm³/mol. The van der Waals surface area contributed by atoms with Crippen LogP contribution in [0, 0.1) is 11.6 Å². The predicted octanol–water partition coefficient (Wildman–Crippen LogP) is 4.54. The maximum atomic E-state index is 13.6. The highest BCUT2D eigenvalue weighted by Crippen LogP contribution is 2.25. The van der Waals surface area contributed by atoms with Gasteiger partial charge < -0.3 is 4.74 Å². The number of hydrogen-bond donors (Lipinski definition) is 1. The highest BCUT2D eigenvalue weighted by atomic mass is 35.5. The molecule has 1 amide bonds. The average Bonchev–Trinajstić information content (AvgIpc) is 3.09. The number of esters is 1. The molecular formula is C18H11ClF2N2O3S. The number of amides is 1. The Morgan fingerprint density at radius 2 is 1.89 bits per heavy atom. The highest BCUT2D eigenvalue weighted by molar-refractivity contribution is 7.14. The second-order valence-electron chi connectivity index (χ2n) is 5.27. The van der Waals surface area contributed by atoms with Crippen LogP contribution in [0.3, 0.4) is 0 Å². The van der Waals surface area contributed by atoms with Crippen molar-refractivity contribution in [3.63, 3.8) is 0 Å². The zero-order chi connectivity index (χ0) is 19.4. The summed E-state index contributed by atoms with van der Waals surface area (Å²) in [6.45, 7) is -0.630. The molecule has 2 aromatic carbocycles. The molecular weight excluding hydrogens is 398 g/mol. The van der Waals surface area contributed by atoms with Gasteiger partial charge in [-0.15, -0.1) is 11.3 Å². The summed E-state index contributed by atoms with van der Waals surface area (Å²) in [5.74, 6) is -2.88. The van der Waals surface area contributed by atoms with Gasteiger partial charge in [-0.1, -0.05) is 17.7 Å². The molecule has 1 aromatic heterocycles. The fourth-order valence-corrected chi connectivity index (χ4v) is 3.11. The lowest BCUT2D eigenvalue weighted by Crippen LogP contribution is -2.21. The second-order valence-corrected chi connectivity index (χ2v) is 6.53. The molecule has 3 aromatic rings. The van der Waals surface area contributed by atoms with Gasteiger partial charge in [0.15, 0.2) is 11.7 Å². The first-order chi connectivity index (χ1) is 12.9. The number of carbonyl (C=O) groups is 2. The van der Waals surface area contributed by atoms with E-state index in [2.05, 4.69) is 10.3 Å². The Bertz CT molecular complexity index is 972. The molecule has 0 atom stereocenters. The number of nitrogens with zero attached hydrogens (tertiary/aromatic N) is 1. The summed E-state index contributed by atoms with van der Waals surface area (Å²) in [6.07, 6.45) is 0. The minimum absolute atomic E-state index is 0.107. The van der Waals surface area contributed by atoms with Crippen molar-refractivity contribution in [1.29, 1.82) is 0 Å². The lowest BCUT2D eigenvalue weighted by atomic mass is 10.2. The first-order valence-corrected chi connectivity index (χ1v) is 8.82. The Morgan fingerprint density at radius 1 is 1.15 bits per heavy atom. The summed E-state index contributed by atoms with van der Waals surface area (Å²) in [7, 11) is 0. The van der Waals surface area contributed by atoms with E-state index in [1.165, 1.54) is 24.3 Å². The number of halogens is 3. The number of thiazole rings is 1. The minimum atomic E-state index is -1.04. The van der Waals surface area contributed by atoms with Crippen molar-refractivity contribution in [2.75, 3.05) is 11.9 Å². The fraction of sp³-hybridized carbons (Fsp3) is 0.0556. The van der Waals surface area contributed by atoms with Crippen LogP contribution in [-0.4, -0.2) is 23.5 Å². The van der Waals surface area contributed by atoms with E-state index < -0.39 is 29.9 Å². The molecule has 0 aliphatic heterocycles. The largest absolute Gasteiger partial charge is 0.452 e. The number of anilines is 1. The van der Waals surface area contributed by atoms with Crippen molar-refractivity contribution in [2.24, 2.45) is 0 Å². The van der Waals surface area contributed by atoms with Crippen molar-refractivity contribution in [3.8, 4) is 11.3 Å². The van der Waals surface area contributed by atoms with Crippen LogP contribution in [0.15, 0.2) is 47.8 Å². The molecule has 0 spiro atoms. The van der Waals surface area contributed by atoms with Gasteiger partial charge in [0.25, 0.3) is 5.91 Å². The molecule has 5 nitrogen and oxygen atoms in total. The SMILES string of the molecule is O=C(COC(=O)c1c(F)cccc1Cl)Nc1nc(-c2ccc(F)cc2)cs1. The molecule has 0 aliphatic rings. The quantitative estimate of drug-likeness (QED) is 0.629. The molecule has 0 fully saturated rings. The Balaban J connectivity index is 1.58. The van der Waals surface area contributed by atoms with Gasteiger partial charge in [-0.25, -0.2) is 18.6 Å². The fourth-order valence-electron chi connectivity index (χ4n) is 2.14. The Morgan fingerprint density at radius 3 is 2.59 bits per heavy atom. The van der Waals surface area contributed by atoms with Gasteiger partial charge in [-0.05, 0) is 36.4 Å². The smallest absolute Gasteiger partial charge is 0.343 e. The summed E-state index contributed by atoms with van der Waals surface area (Å²) in [5, 5.41) is 4.33.